The Kier molecular flexibility index (Phi) is 4.65. The summed E-state index contributed by atoms with van der Waals surface area (Å²) in [4.78, 5) is 11.4. The van der Waals surface area contributed by atoms with E-state index in [1.165, 1.54) is 17.5 Å². The molecule has 29 heavy (non-hydrogen) atoms. The van der Waals surface area contributed by atoms with Crippen LogP contribution in [0.25, 0.3) is 10.9 Å². The van der Waals surface area contributed by atoms with E-state index in [-0.39, 0.29) is 5.92 Å². The number of pyridine rings is 2. The fraction of sp³-hybridized carbons (Fsp3) is 0.375. The number of para-hydroxylation sites is 1. The van der Waals surface area contributed by atoms with Gasteiger partial charge in [-0.1, -0.05) is 18.2 Å². The molecular weight excluding hydrogens is 360 g/mol. The minimum Gasteiger partial charge on any atom is -0.391 e. The zero-order valence-corrected chi connectivity index (χ0v) is 16.4. The number of fused-ring (bicyclic) bond motifs is 2. The zero-order chi connectivity index (χ0) is 19.8. The standard InChI is InChI=1S/C24H24N4O/c25-13-18-12-17-5-1-3-7-21(17)27-24(18)28-14-19(23(29)15-28)11-16-9-10-26-22-8-4-2-6-20(16)22/h2,4,6,8-10,12,19,23,29H,1,3,5,7,11,14-15H2/t19-,23+/m1/s1. The van der Waals surface area contributed by atoms with E-state index in [9.17, 15) is 10.4 Å². The first kappa shape index (κ1) is 18.1. The molecule has 2 atom stereocenters. The number of aromatic nitrogens is 2. The number of hydrogen-bond donors (Lipinski definition) is 1. The van der Waals surface area contributed by atoms with Crippen LogP contribution >= 0.6 is 0 Å². The molecule has 5 nitrogen and oxygen atoms in total. The normalized spacial score (nSPS) is 21.2. The Bertz CT molecular complexity index is 1100. The second-order valence-corrected chi connectivity index (χ2v) is 8.21. The Morgan fingerprint density at radius 2 is 2.00 bits per heavy atom. The topological polar surface area (TPSA) is 73.0 Å². The van der Waals surface area contributed by atoms with Gasteiger partial charge in [-0.25, -0.2) is 4.98 Å². The maximum absolute atomic E-state index is 10.8. The van der Waals surface area contributed by atoms with Gasteiger partial charge in [0.15, 0.2) is 0 Å². The van der Waals surface area contributed by atoms with Crippen LogP contribution in [-0.2, 0) is 19.3 Å². The first-order chi connectivity index (χ1) is 14.2. The molecule has 1 N–H and O–H groups in total. The van der Waals surface area contributed by atoms with Gasteiger partial charge in [0.2, 0.25) is 0 Å². The molecule has 1 aromatic carbocycles. The molecule has 5 heteroatoms. The van der Waals surface area contributed by atoms with E-state index in [1.807, 2.05) is 30.5 Å². The lowest BCUT2D eigenvalue weighted by molar-refractivity contribution is 0.148. The molecule has 1 aliphatic heterocycles. The predicted molar refractivity (Wildman–Crippen MR) is 113 cm³/mol. The highest BCUT2D eigenvalue weighted by atomic mass is 16.3. The minimum atomic E-state index is -0.439. The summed E-state index contributed by atoms with van der Waals surface area (Å²) in [6.07, 6.45) is 6.51. The van der Waals surface area contributed by atoms with Crippen LogP contribution in [-0.4, -0.2) is 34.3 Å². The number of β-amino-alcohol motifs (C(OH)–C–C–N with tert-alkyl or cyclic N) is 1. The average molecular weight is 384 g/mol. The van der Waals surface area contributed by atoms with Crippen LogP contribution in [0.2, 0.25) is 0 Å². The van der Waals surface area contributed by atoms with Crippen molar-refractivity contribution in [3.05, 3.63) is 65.0 Å². The van der Waals surface area contributed by atoms with Gasteiger partial charge in [-0.2, -0.15) is 5.26 Å². The lowest BCUT2D eigenvalue weighted by Crippen LogP contribution is -2.24. The first-order valence-electron chi connectivity index (χ1n) is 10.4. The minimum absolute atomic E-state index is 0.102. The van der Waals surface area contributed by atoms with E-state index < -0.39 is 6.10 Å². The fourth-order valence-corrected chi connectivity index (χ4v) is 4.79. The van der Waals surface area contributed by atoms with Crippen LogP contribution in [0, 0.1) is 17.2 Å². The number of anilines is 1. The predicted octanol–water partition coefficient (Wildman–Crippen LogP) is 3.42. The van der Waals surface area contributed by atoms with Crippen molar-refractivity contribution in [3.63, 3.8) is 0 Å². The van der Waals surface area contributed by atoms with Crippen molar-refractivity contribution >= 4 is 16.7 Å². The fourth-order valence-electron chi connectivity index (χ4n) is 4.79. The lowest BCUT2D eigenvalue weighted by atomic mass is 9.94. The van der Waals surface area contributed by atoms with Crippen molar-refractivity contribution in [3.8, 4) is 6.07 Å². The Balaban J connectivity index is 1.42. The molecule has 0 saturated carbocycles. The third-order valence-electron chi connectivity index (χ3n) is 6.33. The molecule has 0 amide bonds. The van der Waals surface area contributed by atoms with Crippen LogP contribution in [0.4, 0.5) is 5.82 Å². The van der Waals surface area contributed by atoms with Gasteiger partial charge in [0, 0.05) is 36.3 Å². The molecule has 0 radical (unpaired) electrons. The van der Waals surface area contributed by atoms with Gasteiger partial charge in [-0.05, 0) is 61.4 Å². The van der Waals surface area contributed by atoms with Crippen molar-refractivity contribution in [2.45, 2.75) is 38.2 Å². The molecule has 2 aliphatic rings. The molecule has 1 saturated heterocycles. The second-order valence-electron chi connectivity index (χ2n) is 8.21. The quantitative estimate of drug-likeness (QED) is 0.749. The lowest BCUT2D eigenvalue weighted by Gasteiger charge is -2.22. The van der Waals surface area contributed by atoms with Gasteiger partial charge in [-0.3, -0.25) is 4.98 Å². The van der Waals surface area contributed by atoms with E-state index in [4.69, 9.17) is 4.98 Å². The number of nitrogens with zero attached hydrogens (tertiary/aromatic N) is 4. The summed E-state index contributed by atoms with van der Waals surface area (Å²) in [7, 11) is 0. The SMILES string of the molecule is N#Cc1cc2c(nc1N1C[C@@H](Cc3ccnc4ccccc34)[C@@H](O)C1)CCCC2. The Morgan fingerprint density at radius 1 is 1.14 bits per heavy atom. The highest BCUT2D eigenvalue weighted by Crippen LogP contribution is 2.32. The maximum atomic E-state index is 10.8. The molecule has 1 fully saturated rings. The number of aliphatic hydroxyl groups excluding tert-OH is 1. The highest BCUT2D eigenvalue weighted by molar-refractivity contribution is 5.81. The van der Waals surface area contributed by atoms with Gasteiger partial charge in [0.25, 0.3) is 0 Å². The van der Waals surface area contributed by atoms with E-state index in [1.54, 1.807) is 0 Å². The van der Waals surface area contributed by atoms with Gasteiger partial charge < -0.3 is 10.0 Å². The van der Waals surface area contributed by atoms with E-state index >= 15 is 0 Å². The smallest absolute Gasteiger partial charge is 0.146 e. The van der Waals surface area contributed by atoms with E-state index in [0.717, 1.165) is 48.1 Å². The summed E-state index contributed by atoms with van der Waals surface area (Å²) in [5.74, 6) is 0.847. The molecular formula is C24H24N4O. The molecule has 146 valence electrons. The second kappa shape index (κ2) is 7.46. The summed E-state index contributed by atoms with van der Waals surface area (Å²) in [5, 5.41) is 21.6. The number of benzene rings is 1. The van der Waals surface area contributed by atoms with Crippen molar-refractivity contribution < 1.29 is 5.11 Å². The average Bonchev–Trinajstić information content (AvgIpc) is 3.13. The number of aryl methyl sites for hydroxylation is 2. The summed E-state index contributed by atoms with van der Waals surface area (Å²) in [5.41, 5.74) is 5.17. The number of nitriles is 1. The van der Waals surface area contributed by atoms with Crippen LogP contribution < -0.4 is 4.90 Å². The van der Waals surface area contributed by atoms with Crippen LogP contribution in [0.3, 0.4) is 0 Å². The molecule has 5 rings (SSSR count). The van der Waals surface area contributed by atoms with Gasteiger partial charge in [-0.15, -0.1) is 0 Å². The van der Waals surface area contributed by atoms with Crippen LogP contribution in [0.15, 0.2) is 42.6 Å². The molecule has 2 aromatic heterocycles. The molecule has 3 aromatic rings. The van der Waals surface area contributed by atoms with Gasteiger partial charge in [0.1, 0.15) is 11.9 Å². The van der Waals surface area contributed by atoms with Crippen molar-refractivity contribution in [1.29, 1.82) is 5.26 Å². The third-order valence-corrected chi connectivity index (χ3v) is 6.33. The monoisotopic (exact) mass is 384 g/mol. The van der Waals surface area contributed by atoms with Crippen LogP contribution in [0.1, 0.15) is 35.2 Å². The summed E-state index contributed by atoms with van der Waals surface area (Å²) >= 11 is 0. The van der Waals surface area contributed by atoms with Crippen LogP contribution in [0.5, 0.6) is 0 Å². The number of hydrogen-bond acceptors (Lipinski definition) is 5. The Labute approximate surface area is 170 Å². The number of rotatable bonds is 3. The van der Waals surface area contributed by atoms with E-state index in [2.05, 4.69) is 28.1 Å². The summed E-state index contributed by atoms with van der Waals surface area (Å²) < 4.78 is 0. The molecule has 3 heterocycles. The zero-order valence-electron chi connectivity index (χ0n) is 16.4. The Hall–Kier alpha value is -2.97. The van der Waals surface area contributed by atoms with Gasteiger partial charge >= 0.3 is 0 Å². The number of aliphatic hydroxyl groups is 1. The van der Waals surface area contributed by atoms with Gasteiger partial charge in [0.05, 0.1) is 17.2 Å². The molecule has 0 unspecified atom stereocenters. The van der Waals surface area contributed by atoms with Crippen molar-refractivity contribution in [1.82, 2.24) is 9.97 Å². The highest BCUT2D eigenvalue weighted by Gasteiger charge is 2.34. The molecule has 0 bridgehead atoms. The largest absolute Gasteiger partial charge is 0.391 e. The van der Waals surface area contributed by atoms with Crippen molar-refractivity contribution in [2.24, 2.45) is 5.92 Å². The third kappa shape index (κ3) is 3.34. The molecule has 1 aliphatic carbocycles. The summed E-state index contributed by atoms with van der Waals surface area (Å²) in [6.45, 7) is 1.23. The first-order valence-corrected chi connectivity index (χ1v) is 10.4. The molecule has 0 spiro atoms. The van der Waals surface area contributed by atoms with Crippen molar-refractivity contribution in [2.75, 3.05) is 18.0 Å². The Morgan fingerprint density at radius 3 is 2.90 bits per heavy atom. The van der Waals surface area contributed by atoms with E-state index in [0.29, 0.717) is 18.7 Å². The maximum Gasteiger partial charge on any atom is 0.146 e. The summed E-state index contributed by atoms with van der Waals surface area (Å²) in [6, 6.07) is 14.5.